The molecule has 0 radical (unpaired) electrons. The van der Waals surface area contributed by atoms with E-state index in [4.69, 9.17) is 10.5 Å². The van der Waals surface area contributed by atoms with Gasteiger partial charge in [0.2, 0.25) is 0 Å². The molecule has 3 atom stereocenters. The zero-order valence-electron chi connectivity index (χ0n) is 9.74. The van der Waals surface area contributed by atoms with E-state index >= 15 is 0 Å². The summed E-state index contributed by atoms with van der Waals surface area (Å²) >= 11 is 0. The summed E-state index contributed by atoms with van der Waals surface area (Å²) in [7, 11) is 0. The second-order valence-corrected chi connectivity index (χ2v) is 5.01. The van der Waals surface area contributed by atoms with E-state index in [1.54, 1.807) is 0 Å². The fourth-order valence-corrected chi connectivity index (χ4v) is 2.73. The van der Waals surface area contributed by atoms with Crippen molar-refractivity contribution in [3.63, 3.8) is 0 Å². The van der Waals surface area contributed by atoms with E-state index in [1.807, 2.05) is 0 Å². The molecule has 0 aromatic carbocycles. The quantitative estimate of drug-likeness (QED) is 0.710. The van der Waals surface area contributed by atoms with Crippen LogP contribution < -0.4 is 5.73 Å². The summed E-state index contributed by atoms with van der Waals surface area (Å²) in [5.74, 6) is 0.629. The predicted octanol–water partition coefficient (Wildman–Crippen LogP) is 2.63. The molecule has 15 heavy (non-hydrogen) atoms. The molecule has 2 nitrogen and oxygen atoms in total. The Morgan fingerprint density at radius 2 is 2.27 bits per heavy atom. The summed E-state index contributed by atoms with van der Waals surface area (Å²) in [5, 5.41) is 0. The summed E-state index contributed by atoms with van der Waals surface area (Å²) in [6, 6.07) is 0.153. The molecule has 3 unspecified atom stereocenters. The smallest absolute Gasteiger partial charge is 0.0790 e. The normalized spacial score (nSPS) is 34.7. The lowest BCUT2D eigenvalue weighted by Gasteiger charge is -2.24. The Morgan fingerprint density at radius 1 is 1.40 bits per heavy atom. The lowest BCUT2D eigenvalue weighted by molar-refractivity contribution is 0.0806. The number of hydrogen-bond donors (Lipinski definition) is 1. The topological polar surface area (TPSA) is 35.2 Å². The lowest BCUT2D eigenvalue weighted by atomic mass is 9.91. The zero-order valence-corrected chi connectivity index (χ0v) is 9.74. The summed E-state index contributed by atoms with van der Waals surface area (Å²) in [6.45, 7) is 3.15. The van der Waals surface area contributed by atoms with Crippen LogP contribution in [-0.2, 0) is 4.74 Å². The summed E-state index contributed by atoms with van der Waals surface area (Å²) in [4.78, 5) is 0. The van der Waals surface area contributed by atoms with Crippen molar-refractivity contribution >= 4 is 0 Å². The minimum absolute atomic E-state index is 0.153. The van der Waals surface area contributed by atoms with Crippen LogP contribution in [0.3, 0.4) is 0 Å². The largest absolute Gasteiger partial charge is 0.376 e. The zero-order chi connectivity index (χ0) is 10.7. The highest BCUT2D eigenvalue weighted by molar-refractivity contribution is 5.14. The Hall–Kier alpha value is -0.340. The van der Waals surface area contributed by atoms with Gasteiger partial charge in [-0.2, -0.15) is 0 Å². The molecule has 0 aromatic heterocycles. The molecule has 1 fully saturated rings. The standard InChI is InChI=1S/C13H23NO/c1-10-8-9-15-13(10)12(14)11-6-4-2-3-5-7-11/h6,10,12-13H,2-5,7-9,14H2,1H3. The maximum absolute atomic E-state index is 6.32. The predicted molar refractivity (Wildman–Crippen MR) is 62.7 cm³/mol. The number of hydrogen-bond acceptors (Lipinski definition) is 2. The van der Waals surface area contributed by atoms with E-state index < -0.39 is 0 Å². The molecular formula is C13H23NO. The van der Waals surface area contributed by atoms with E-state index in [9.17, 15) is 0 Å². The van der Waals surface area contributed by atoms with Crippen molar-refractivity contribution in [3.8, 4) is 0 Å². The third kappa shape index (κ3) is 2.61. The van der Waals surface area contributed by atoms with Crippen LogP contribution in [-0.4, -0.2) is 18.8 Å². The molecule has 1 aliphatic heterocycles. The van der Waals surface area contributed by atoms with Gasteiger partial charge < -0.3 is 10.5 Å². The third-order valence-electron chi connectivity index (χ3n) is 3.80. The molecule has 86 valence electrons. The van der Waals surface area contributed by atoms with Crippen LogP contribution in [0.25, 0.3) is 0 Å². The highest BCUT2D eigenvalue weighted by atomic mass is 16.5. The first-order chi connectivity index (χ1) is 7.29. The Bertz CT molecular complexity index is 237. The number of rotatable bonds is 2. The Balaban J connectivity index is 1.98. The lowest BCUT2D eigenvalue weighted by Crippen LogP contribution is -2.39. The molecule has 2 rings (SSSR count). The van der Waals surface area contributed by atoms with Crippen molar-refractivity contribution in [1.29, 1.82) is 0 Å². The van der Waals surface area contributed by atoms with Gasteiger partial charge in [-0.15, -0.1) is 0 Å². The van der Waals surface area contributed by atoms with Crippen LogP contribution in [0.5, 0.6) is 0 Å². The van der Waals surface area contributed by atoms with Crippen molar-refractivity contribution in [2.45, 2.75) is 57.6 Å². The first kappa shape index (κ1) is 11.2. The van der Waals surface area contributed by atoms with Crippen LogP contribution in [0.2, 0.25) is 0 Å². The molecule has 0 spiro atoms. The maximum atomic E-state index is 6.32. The minimum Gasteiger partial charge on any atom is -0.376 e. The van der Waals surface area contributed by atoms with E-state index in [2.05, 4.69) is 13.0 Å². The van der Waals surface area contributed by atoms with E-state index in [-0.39, 0.29) is 12.1 Å². The van der Waals surface area contributed by atoms with Crippen LogP contribution in [0.4, 0.5) is 0 Å². The summed E-state index contributed by atoms with van der Waals surface area (Å²) in [5.41, 5.74) is 7.77. The molecule has 0 aromatic rings. The molecule has 2 aliphatic rings. The fraction of sp³-hybridized carbons (Fsp3) is 0.846. The van der Waals surface area contributed by atoms with Gasteiger partial charge in [-0.05, 0) is 38.0 Å². The number of nitrogens with two attached hydrogens (primary N) is 1. The van der Waals surface area contributed by atoms with Crippen molar-refractivity contribution in [3.05, 3.63) is 11.6 Å². The number of allylic oxidation sites excluding steroid dienone is 1. The van der Waals surface area contributed by atoms with Gasteiger partial charge in [0.1, 0.15) is 0 Å². The molecule has 2 N–H and O–H groups in total. The number of ether oxygens (including phenoxy) is 1. The van der Waals surface area contributed by atoms with Gasteiger partial charge in [0.05, 0.1) is 12.1 Å². The monoisotopic (exact) mass is 209 g/mol. The van der Waals surface area contributed by atoms with Crippen molar-refractivity contribution in [1.82, 2.24) is 0 Å². The SMILES string of the molecule is CC1CCOC1C(N)C1=CCCCCC1. The minimum atomic E-state index is 0.153. The van der Waals surface area contributed by atoms with Crippen LogP contribution in [0.1, 0.15) is 45.4 Å². The maximum Gasteiger partial charge on any atom is 0.0790 e. The molecule has 1 aliphatic carbocycles. The van der Waals surface area contributed by atoms with Crippen molar-refractivity contribution in [2.75, 3.05) is 6.61 Å². The molecule has 0 bridgehead atoms. The van der Waals surface area contributed by atoms with Crippen molar-refractivity contribution < 1.29 is 4.74 Å². The summed E-state index contributed by atoms with van der Waals surface area (Å²) in [6.07, 6.45) is 10.2. The molecule has 1 saturated heterocycles. The molecule has 2 heteroatoms. The molecular weight excluding hydrogens is 186 g/mol. The Kier molecular flexibility index (Phi) is 3.81. The van der Waals surface area contributed by atoms with Gasteiger partial charge in [0, 0.05) is 6.61 Å². The van der Waals surface area contributed by atoms with Gasteiger partial charge in [0.15, 0.2) is 0 Å². The van der Waals surface area contributed by atoms with E-state index in [1.165, 1.54) is 44.1 Å². The van der Waals surface area contributed by atoms with E-state index in [0.717, 1.165) is 6.61 Å². The highest BCUT2D eigenvalue weighted by Gasteiger charge is 2.31. The summed E-state index contributed by atoms with van der Waals surface area (Å²) < 4.78 is 5.76. The average molecular weight is 209 g/mol. The first-order valence-corrected chi connectivity index (χ1v) is 6.35. The van der Waals surface area contributed by atoms with Gasteiger partial charge in [-0.25, -0.2) is 0 Å². The molecule has 0 amide bonds. The van der Waals surface area contributed by atoms with Gasteiger partial charge >= 0.3 is 0 Å². The van der Waals surface area contributed by atoms with Crippen molar-refractivity contribution in [2.24, 2.45) is 11.7 Å². The van der Waals surface area contributed by atoms with E-state index in [0.29, 0.717) is 5.92 Å². The van der Waals surface area contributed by atoms with Gasteiger partial charge in [0.25, 0.3) is 0 Å². The van der Waals surface area contributed by atoms with Crippen LogP contribution >= 0.6 is 0 Å². The third-order valence-corrected chi connectivity index (χ3v) is 3.80. The fourth-order valence-electron chi connectivity index (χ4n) is 2.73. The highest BCUT2D eigenvalue weighted by Crippen LogP contribution is 2.28. The Labute approximate surface area is 92.9 Å². The second kappa shape index (κ2) is 5.13. The van der Waals surface area contributed by atoms with Gasteiger partial charge in [-0.1, -0.05) is 25.0 Å². The first-order valence-electron chi connectivity index (χ1n) is 6.35. The second-order valence-electron chi connectivity index (χ2n) is 5.01. The van der Waals surface area contributed by atoms with Gasteiger partial charge in [-0.3, -0.25) is 0 Å². The molecule has 1 heterocycles. The van der Waals surface area contributed by atoms with Crippen LogP contribution in [0.15, 0.2) is 11.6 Å². The Morgan fingerprint density at radius 3 is 3.00 bits per heavy atom. The van der Waals surface area contributed by atoms with Crippen LogP contribution in [0, 0.1) is 5.92 Å². The average Bonchev–Trinajstić information content (AvgIpc) is 2.53. The molecule has 0 saturated carbocycles.